The van der Waals surface area contributed by atoms with Crippen LogP contribution >= 0.6 is 11.6 Å². The molecule has 0 aliphatic heterocycles. The number of rotatable bonds is 6. The summed E-state index contributed by atoms with van der Waals surface area (Å²) in [6.07, 6.45) is 6.16. The molecule has 1 aliphatic carbocycles. The Morgan fingerprint density at radius 3 is 2.67 bits per heavy atom. The second kappa shape index (κ2) is 7.36. The average Bonchev–Trinajstić information content (AvgIpc) is 3.24. The van der Waals surface area contributed by atoms with E-state index in [0.717, 1.165) is 31.2 Å². The van der Waals surface area contributed by atoms with Crippen molar-refractivity contribution in [1.29, 1.82) is 0 Å². The van der Waals surface area contributed by atoms with Crippen LogP contribution in [0.3, 0.4) is 0 Å². The summed E-state index contributed by atoms with van der Waals surface area (Å²) >= 11 is 5.87. The van der Waals surface area contributed by atoms with Gasteiger partial charge in [0.1, 0.15) is 0 Å². The lowest BCUT2D eigenvalue weighted by atomic mass is 9.98. The highest BCUT2D eigenvalue weighted by molar-refractivity contribution is 6.30. The first-order valence-corrected chi connectivity index (χ1v) is 8.61. The third-order valence-corrected chi connectivity index (χ3v) is 4.77. The normalized spacial score (nSPS) is 16.2. The van der Waals surface area contributed by atoms with Gasteiger partial charge in [-0.05, 0) is 37.1 Å². The summed E-state index contributed by atoms with van der Waals surface area (Å²) in [5.74, 6) is 1.11. The summed E-state index contributed by atoms with van der Waals surface area (Å²) in [4.78, 5) is 16.4. The number of oxazole rings is 1. The molecule has 1 heterocycles. The molecule has 128 valence electrons. The van der Waals surface area contributed by atoms with Crippen LogP contribution < -0.4 is 5.32 Å². The molecule has 0 bridgehead atoms. The van der Waals surface area contributed by atoms with Crippen molar-refractivity contribution in [3.8, 4) is 11.3 Å². The van der Waals surface area contributed by atoms with Crippen LogP contribution in [0.5, 0.6) is 0 Å². The molecule has 1 aliphatic rings. The molecule has 1 aromatic carbocycles. The van der Waals surface area contributed by atoms with E-state index in [1.807, 2.05) is 12.1 Å². The molecule has 1 aromatic heterocycles. The molecule has 1 saturated carbocycles. The molecular formula is C18H21ClN2O3. The first kappa shape index (κ1) is 17.0. The Morgan fingerprint density at radius 2 is 2.00 bits per heavy atom. The van der Waals surface area contributed by atoms with Crippen LogP contribution in [0.4, 0.5) is 0 Å². The molecule has 1 fully saturated rings. The second-order valence-electron chi connectivity index (χ2n) is 6.32. The standard InChI is InChI=1S/C18H21ClN2O3/c19-14-5-3-13(4-6-14)15-11-20-17(24-15)8-7-16(23)21-18(12-22)9-1-2-10-18/h3-6,11,22H,1-2,7-10,12H2,(H,21,23). The maximum atomic E-state index is 12.1. The van der Waals surface area contributed by atoms with E-state index in [9.17, 15) is 9.90 Å². The molecule has 0 spiro atoms. The van der Waals surface area contributed by atoms with E-state index >= 15 is 0 Å². The van der Waals surface area contributed by atoms with Crippen molar-refractivity contribution in [3.63, 3.8) is 0 Å². The van der Waals surface area contributed by atoms with Gasteiger partial charge in [-0.25, -0.2) is 4.98 Å². The lowest BCUT2D eigenvalue weighted by molar-refractivity contribution is -0.123. The summed E-state index contributed by atoms with van der Waals surface area (Å²) < 4.78 is 5.70. The van der Waals surface area contributed by atoms with Gasteiger partial charge in [0.05, 0.1) is 18.3 Å². The van der Waals surface area contributed by atoms with Crippen LogP contribution in [-0.2, 0) is 11.2 Å². The van der Waals surface area contributed by atoms with Gasteiger partial charge in [-0.1, -0.05) is 24.4 Å². The smallest absolute Gasteiger partial charge is 0.221 e. The van der Waals surface area contributed by atoms with Crippen molar-refractivity contribution in [1.82, 2.24) is 10.3 Å². The van der Waals surface area contributed by atoms with Gasteiger partial charge in [0.2, 0.25) is 5.91 Å². The first-order chi connectivity index (χ1) is 11.6. The van der Waals surface area contributed by atoms with Crippen LogP contribution in [0, 0.1) is 0 Å². The van der Waals surface area contributed by atoms with Gasteiger partial charge in [0.15, 0.2) is 11.7 Å². The van der Waals surface area contributed by atoms with E-state index in [-0.39, 0.29) is 12.5 Å². The highest BCUT2D eigenvalue weighted by atomic mass is 35.5. The Bertz CT molecular complexity index is 691. The maximum Gasteiger partial charge on any atom is 0.221 e. The molecule has 2 N–H and O–H groups in total. The van der Waals surface area contributed by atoms with Gasteiger partial charge >= 0.3 is 0 Å². The number of aliphatic hydroxyl groups is 1. The van der Waals surface area contributed by atoms with Gasteiger partial charge in [-0.3, -0.25) is 4.79 Å². The lowest BCUT2D eigenvalue weighted by Gasteiger charge is -2.27. The van der Waals surface area contributed by atoms with Crippen LogP contribution in [0.2, 0.25) is 5.02 Å². The van der Waals surface area contributed by atoms with Crippen molar-refractivity contribution in [2.75, 3.05) is 6.61 Å². The molecule has 0 radical (unpaired) electrons. The van der Waals surface area contributed by atoms with E-state index in [1.54, 1.807) is 18.3 Å². The number of hydrogen-bond donors (Lipinski definition) is 2. The molecule has 2 aromatic rings. The number of carbonyl (C=O) groups is 1. The number of nitrogens with one attached hydrogen (secondary N) is 1. The minimum Gasteiger partial charge on any atom is -0.441 e. The van der Waals surface area contributed by atoms with E-state index in [2.05, 4.69) is 10.3 Å². The summed E-state index contributed by atoms with van der Waals surface area (Å²) in [6.45, 7) is -0.00153. The Kier molecular flexibility index (Phi) is 5.21. The van der Waals surface area contributed by atoms with E-state index < -0.39 is 5.54 Å². The third kappa shape index (κ3) is 3.97. The number of benzene rings is 1. The summed E-state index contributed by atoms with van der Waals surface area (Å²) in [5, 5.41) is 13.2. The second-order valence-corrected chi connectivity index (χ2v) is 6.76. The van der Waals surface area contributed by atoms with Gasteiger partial charge in [0.25, 0.3) is 0 Å². The van der Waals surface area contributed by atoms with Crippen LogP contribution in [0.25, 0.3) is 11.3 Å². The van der Waals surface area contributed by atoms with E-state index in [1.165, 1.54) is 0 Å². The van der Waals surface area contributed by atoms with Crippen LogP contribution in [-0.4, -0.2) is 28.1 Å². The van der Waals surface area contributed by atoms with Crippen molar-refractivity contribution in [3.05, 3.63) is 41.4 Å². The zero-order valence-electron chi connectivity index (χ0n) is 13.4. The largest absolute Gasteiger partial charge is 0.441 e. The number of amides is 1. The average molecular weight is 349 g/mol. The first-order valence-electron chi connectivity index (χ1n) is 8.23. The van der Waals surface area contributed by atoms with Gasteiger partial charge in [-0.2, -0.15) is 0 Å². The quantitative estimate of drug-likeness (QED) is 0.839. The Hall–Kier alpha value is -1.85. The topological polar surface area (TPSA) is 75.4 Å². The monoisotopic (exact) mass is 348 g/mol. The van der Waals surface area contributed by atoms with Crippen LogP contribution in [0.15, 0.2) is 34.9 Å². The Balaban J connectivity index is 1.55. The summed E-state index contributed by atoms with van der Waals surface area (Å²) in [6, 6.07) is 7.32. The molecule has 24 heavy (non-hydrogen) atoms. The maximum absolute atomic E-state index is 12.1. The molecule has 5 nitrogen and oxygen atoms in total. The van der Waals surface area contributed by atoms with Gasteiger partial charge < -0.3 is 14.8 Å². The minimum atomic E-state index is -0.428. The van der Waals surface area contributed by atoms with Crippen LogP contribution in [0.1, 0.15) is 38.0 Å². The molecule has 3 rings (SSSR count). The number of nitrogens with zero attached hydrogens (tertiary/aromatic N) is 1. The van der Waals surface area contributed by atoms with Gasteiger partial charge in [0, 0.05) is 23.4 Å². The molecule has 6 heteroatoms. The van der Waals surface area contributed by atoms with Crippen molar-refractivity contribution >= 4 is 17.5 Å². The zero-order valence-corrected chi connectivity index (χ0v) is 14.2. The fraction of sp³-hybridized carbons (Fsp3) is 0.444. The van der Waals surface area contributed by atoms with E-state index in [0.29, 0.717) is 29.5 Å². The fourth-order valence-corrected chi connectivity index (χ4v) is 3.25. The summed E-state index contributed by atoms with van der Waals surface area (Å²) in [5.41, 5.74) is 0.468. The Morgan fingerprint density at radius 1 is 1.29 bits per heavy atom. The highest BCUT2D eigenvalue weighted by Crippen LogP contribution is 2.29. The molecule has 0 saturated heterocycles. The minimum absolute atomic E-state index is 0.00153. The lowest BCUT2D eigenvalue weighted by Crippen LogP contribution is -2.49. The SMILES string of the molecule is O=C(CCc1ncc(-c2ccc(Cl)cc2)o1)NC1(CO)CCCC1. The Labute approximate surface area is 146 Å². The number of hydrogen-bond acceptors (Lipinski definition) is 4. The molecular weight excluding hydrogens is 328 g/mol. The molecule has 0 atom stereocenters. The third-order valence-electron chi connectivity index (χ3n) is 4.52. The van der Waals surface area contributed by atoms with Gasteiger partial charge in [-0.15, -0.1) is 0 Å². The summed E-state index contributed by atoms with van der Waals surface area (Å²) in [7, 11) is 0. The predicted molar refractivity (Wildman–Crippen MR) is 91.7 cm³/mol. The van der Waals surface area contributed by atoms with Crippen molar-refractivity contribution < 1.29 is 14.3 Å². The fourth-order valence-electron chi connectivity index (χ4n) is 3.13. The van der Waals surface area contributed by atoms with Crippen molar-refractivity contribution in [2.24, 2.45) is 0 Å². The number of aliphatic hydroxyl groups excluding tert-OH is 1. The number of aromatic nitrogens is 1. The van der Waals surface area contributed by atoms with Crippen molar-refractivity contribution in [2.45, 2.75) is 44.1 Å². The number of carbonyl (C=O) groups excluding carboxylic acids is 1. The zero-order chi connectivity index (χ0) is 17.0. The van der Waals surface area contributed by atoms with E-state index in [4.69, 9.17) is 16.0 Å². The number of halogens is 1. The number of aryl methyl sites for hydroxylation is 1. The highest BCUT2D eigenvalue weighted by Gasteiger charge is 2.34. The molecule has 1 amide bonds. The molecule has 0 unspecified atom stereocenters. The predicted octanol–water partition coefficient (Wildman–Crippen LogP) is 3.35.